The molecule has 0 aromatic heterocycles. The largest absolute Gasteiger partial charge is 0.465 e. The van der Waals surface area contributed by atoms with E-state index in [2.05, 4.69) is 6.92 Å². The van der Waals surface area contributed by atoms with Crippen LogP contribution in [0.5, 0.6) is 0 Å². The first-order valence-electron chi connectivity index (χ1n) is 5.89. The van der Waals surface area contributed by atoms with Crippen molar-refractivity contribution in [2.45, 2.75) is 58.0 Å². The molecule has 0 saturated carbocycles. The Labute approximate surface area is 126 Å². The fourth-order valence-corrected chi connectivity index (χ4v) is 1.51. The Morgan fingerprint density at radius 2 is 1.65 bits per heavy atom. The van der Waals surface area contributed by atoms with Crippen LogP contribution in [0, 0.1) is 0 Å². The first-order valence-corrected chi connectivity index (χ1v) is 7.14. The zero-order valence-electron chi connectivity index (χ0n) is 11.1. The Hall–Kier alpha value is 0.370. The summed E-state index contributed by atoms with van der Waals surface area (Å²) < 4.78 is 25.8. The van der Waals surface area contributed by atoms with Crippen LogP contribution in [-0.4, -0.2) is 47.8 Å². The van der Waals surface area contributed by atoms with Gasteiger partial charge in [0.25, 0.3) is 0 Å². The minimum Gasteiger partial charge on any atom is -0.465 e. The van der Waals surface area contributed by atoms with Crippen LogP contribution in [0.2, 0.25) is 0 Å². The second-order valence-corrected chi connectivity index (χ2v) is 5.24. The molecule has 0 aliphatic rings. The number of ether oxygens (including phenoxy) is 1. The Morgan fingerprint density at radius 3 is 2.18 bits per heavy atom. The maximum Gasteiger partial charge on any atom is 0.329 e. The fraction of sp³-hybridized carbons (Fsp3) is 0.909. The molecule has 0 spiro atoms. The number of unbranched alkanes of at least 4 members (excludes halogenated alkanes) is 5. The van der Waals surface area contributed by atoms with Crippen LogP contribution in [0.4, 0.5) is 0 Å². The fourth-order valence-electron chi connectivity index (χ4n) is 1.26. The van der Waals surface area contributed by atoms with Crippen molar-refractivity contribution in [3.63, 3.8) is 0 Å². The number of rotatable bonds is 9. The van der Waals surface area contributed by atoms with Gasteiger partial charge in [0.15, 0.2) is 5.66 Å². The molecule has 0 aromatic carbocycles. The van der Waals surface area contributed by atoms with Crippen LogP contribution in [0.15, 0.2) is 0 Å². The van der Waals surface area contributed by atoms with Crippen LogP contribution in [0.3, 0.4) is 0 Å². The maximum atomic E-state index is 11.1. The third-order valence-corrected chi connectivity index (χ3v) is 3.24. The van der Waals surface area contributed by atoms with Crippen molar-refractivity contribution < 1.29 is 18.7 Å². The molecule has 0 bridgehead atoms. The summed E-state index contributed by atoms with van der Waals surface area (Å²) in [7, 11) is -2.71. The first-order chi connectivity index (χ1) is 7.59. The molecule has 0 fully saturated rings. The third-order valence-electron chi connectivity index (χ3n) is 2.40. The van der Waals surface area contributed by atoms with Gasteiger partial charge >= 0.3 is 13.6 Å². The van der Waals surface area contributed by atoms with E-state index in [1.165, 1.54) is 26.2 Å². The monoisotopic (exact) mass is 271 g/mol. The van der Waals surface area contributed by atoms with Gasteiger partial charge in [0, 0.05) is 29.6 Å². The molecule has 0 N–H and O–H groups in total. The standard InChI is InChI=1S/C11H21O4P.Na/c1-3-4-5-6-7-8-9-15-11(12)10(2)16(13)14;/h10H,3-9H2,1-2H3;. The molecule has 6 heteroatoms. The molecule has 1 radical (unpaired) electrons. The van der Waals surface area contributed by atoms with Crippen molar-refractivity contribution in [1.82, 2.24) is 0 Å². The van der Waals surface area contributed by atoms with Crippen molar-refractivity contribution in [2.24, 2.45) is 0 Å². The van der Waals surface area contributed by atoms with Crippen molar-refractivity contribution in [3.05, 3.63) is 0 Å². The van der Waals surface area contributed by atoms with Crippen LogP contribution in [-0.2, 0) is 18.7 Å². The molecule has 0 saturated heterocycles. The van der Waals surface area contributed by atoms with E-state index in [9.17, 15) is 13.9 Å². The summed E-state index contributed by atoms with van der Waals surface area (Å²) in [5.74, 6) is -0.635. The SMILES string of the molecule is CCCCCCCCOC(=O)C(C)P(=O)=O.[Na]. The number of hydrogen-bond acceptors (Lipinski definition) is 4. The van der Waals surface area contributed by atoms with E-state index in [4.69, 9.17) is 4.74 Å². The van der Waals surface area contributed by atoms with Gasteiger partial charge in [0.1, 0.15) is 0 Å². The molecule has 0 amide bonds. The van der Waals surface area contributed by atoms with E-state index in [1.807, 2.05) is 0 Å². The Morgan fingerprint density at radius 1 is 1.12 bits per heavy atom. The predicted octanol–water partition coefficient (Wildman–Crippen LogP) is 3.07. The molecule has 0 heterocycles. The van der Waals surface area contributed by atoms with E-state index < -0.39 is 19.3 Å². The van der Waals surface area contributed by atoms with Gasteiger partial charge in [-0.1, -0.05) is 39.0 Å². The smallest absolute Gasteiger partial charge is 0.329 e. The molecule has 4 nitrogen and oxygen atoms in total. The van der Waals surface area contributed by atoms with Crippen LogP contribution in [0.25, 0.3) is 0 Å². The summed E-state index contributed by atoms with van der Waals surface area (Å²) in [6.07, 6.45) is 6.67. The van der Waals surface area contributed by atoms with Crippen molar-refractivity contribution in [1.29, 1.82) is 0 Å². The van der Waals surface area contributed by atoms with Crippen molar-refractivity contribution in [2.75, 3.05) is 6.61 Å². The number of carbonyl (C=O) groups is 1. The predicted molar refractivity (Wildman–Crippen MR) is 67.8 cm³/mol. The molecule has 0 aliphatic carbocycles. The van der Waals surface area contributed by atoms with Crippen molar-refractivity contribution in [3.8, 4) is 0 Å². The van der Waals surface area contributed by atoms with Gasteiger partial charge < -0.3 is 4.74 Å². The average Bonchev–Trinajstić information content (AvgIpc) is 2.26. The first kappa shape index (κ1) is 19.7. The van der Waals surface area contributed by atoms with Gasteiger partial charge in [0.05, 0.1) is 6.61 Å². The summed E-state index contributed by atoms with van der Waals surface area (Å²) in [6, 6.07) is 0. The van der Waals surface area contributed by atoms with E-state index in [1.54, 1.807) is 0 Å². The third kappa shape index (κ3) is 11.2. The molecular weight excluding hydrogens is 250 g/mol. The zero-order chi connectivity index (χ0) is 12.4. The second kappa shape index (κ2) is 12.8. The van der Waals surface area contributed by atoms with Gasteiger partial charge in [-0.05, 0) is 13.3 Å². The molecule has 1 unspecified atom stereocenters. The summed E-state index contributed by atoms with van der Waals surface area (Å²) in [5, 5.41) is 0. The van der Waals surface area contributed by atoms with E-state index in [0.29, 0.717) is 6.61 Å². The van der Waals surface area contributed by atoms with E-state index >= 15 is 0 Å². The summed E-state index contributed by atoms with van der Waals surface area (Å²) >= 11 is 0. The zero-order valence-corrected chi connectivity index (χ0v) is 14.0. The van der Waals surface area contributed by atoms with Gasteiger partial charge in [-0.25, -0.2) is 9.13 Å². The number of hydrogen-bond donors (Lipinski definition) is 0. The topological polar surface area (TPSA) is 60.4 Å². The summed E-state index contributed by atoms with van der Waals surface area (Å²) in [6.45, 7) is 3.83. The second-order valence-electron chi connectivity index (χ2n) is 3.90. The van der Waals surface area contributed by atoms with E-state index in [-0.39, 0.29) is 29.6 Å². The van der Waals surface area contributed by atoms with Crippen molar-refractivity contribution >= 4 is 43.2 Å². The normalized spacial score (nSPS) is 11.4. The average molecular weight is 271 g/mol. The molecule has 0 rings (SSSR count). The molecule has 1 atom stereocenters. The van der Waals surface area contributed by atoms with Gasteiger partial charge in [0.2, 0.25) is 0 Å². The summed E-state index contributed by atoms with van der Waals surface area (Å²) in [4.78, 5) is 11.1. The maximum absolute atomic E-state index is 11.1. The molecule has 0 aliphatic heterocycles. The van der Waals surface area contributed by atoms with Gasteiger partial charge in [-0.15, -0.1) is 0 Å². The number of esters is 1. The molecule has 17 heavy (non-hydrogen) atoms. The van der Waals surface area contributed by atoms with Gasteiger partial charge in [-0.2, -0.15) is 0 Å². The quantitative estimate of drug-likeness (QED) is 0.280. The Kier molecular flexibility index (Phi) is 14.9. The van der Waals surface area contributed by atoms with E-state index in [0.717, 1.165) is 19.3 Å². The Balaban J connectivity index is 0. The molecule has 95 valence electrons. The van der Waals surface area contributed by atoms with Crippen LogP contribution < -0.4 is 0 Å². The minimum atomic E-state index is -2.71. The summed E-state index contributed by atoms with van der Waals surface area (Å²) in [5.41, 5.74) is -1.02. The minimum absolute atomic E-state index is 0. The van der Waals surface area contributed by atoms with Gasteiger partial charge in [-0.3, -0.25) is 4.79 Å². The molecule has 0 aromatic rings. The van der Waals surface area contributed by atoms with Crippen LogP contribution >= 0.6 is 7.68 Å². The molecular formula is C11H21NaO4P. The van der Waals surface area contributed by atoms with Crippen LogP contribution in [0.1, 0.15) is 52.4 Å². The Bertz CT molecular complexity index is 258. The number of carbonyl (C=O) groups excluding carboxylic acids is 1.